The molecule has 1 saturated heterocycles. The zero-order valence-electron chi connectivity index (χ0n) is 19.9. The molecule has 178 valence electrons. The van der Waals surface area contributed by atoms with E-state index in [4.69, 9.17) is 0 Å². The van der Waals surface area contributed by atoms with Crippen LogP contribution in [0.3, 0.4) is 0 Å². The number of carbonyl (C=O) groups is 2. The van der Waals surface area contributed by atoms with Gasteiger partial charge in [0.2, 0.25) is 0 Å². The summed E-state index contributed by atoms with van der Waals surface area (Å²) in [6.45, 7) is 9.59. The molecule has 7 nitrogen and oxygen atoms in total. The highest BCUT2D eigenvalue weighted by Gasteiger charge is 2.21. The number of nitrogens with one attached hydrogen (secondary N) is 3. The summed E-state index contributed by atoms with van der Waals surface area (Å²) in [5.41, 5.74) is 2.26. The second-order valence-corrected chi connectivity index (χ2v) is 9.00. The predicted molar refractivity (Wildman–Crippen MR) is 132 cm³/mol. The van der Waals surface area contributed by atoms with Crippen LogP contribution in [-0.4, -0.2) is 62.1 Å². The number of carbonyl (C=O) groups excluding carboxylic acids is 2. The van der Waals surface area contributed by atoms with Crippen LogP contribution in [0.15, 0.2) is 18.2 Å². The van der Waals surface area contributed by atoms with Gasteiger partial charge in [0.15, 0.2) is 0 Å². The van der Waals surface area contributed by atoms with Crippen molar-refractivity contribution in [1.29, 1.82) is 0 Å². The Morgan fingerprint density at radius 3 is 2.38 bits per heavy atom. The fraction of sp³-hybridized carbons (Fsp3) is 0.680. The van der Waals surface area contributed by atoms with Crippen molar-refractivity contribution >= 4 is 23.3 Å². The molecule has 2 aliphatic rings. The van der Waals surface area contributed by atoms with E-state index in [1.807, 2.05) is 18.2 Å². The van der Waals surface area contributed by atoms with Gasteiger partial charge in [-0.15, -0.1) is 0 Å². The molecule has 0 unspecified atom stereocenters. The van der Waals surface area contributed by atoms with E-state index in [1.54, 1.807) is 0 Å². The summed E-state index contributed by atoms with van der Waals surface area (Å²) in [7, 11) is 0. The van der Waals surface area contributed by atoms with Crippen LogP contribution >= 0.6 is 0 Å². The van der Waals surface area contributed by atoms with Crippen molar-refractivity contribution < 1.29 is 9.59 Å². The van der Waals surface area contributed by atoms with Crippen LogP contribution < -0.4 is 20.9 Å². The highest BCUT2D eigenvalue weighted by Crippen LogP contribution is 2.27. The summed E-state index contributed by atoms with van der Waals surface area (Å²) in [6.07, 6.45) is 9.22. The van der Waals surface area contributed by atoms with Crippen molar-refractivity contribution in [2.45, 2.75) is 71.3 Å². The first-order valence-electron chi connectivity index (χ1n) is 12.6. The Hall–Kier alpha value is -2.28. The Labute approximate surface area is 193 Å². The highest BCUT2D eigenvalue weighted by molar-refractivity contribution is 6.02. The van der Waals surface area contributed by atoms with Crippen LogP contribution in [0.1, 0.15) is 75.6 Å². The minimum absolute atomic E-state index is 0.0749. The molecule has 32 heavy (non-hydrogen) atoms. The van der Waals surface area contributed by atoms with E-state index >= 15 is 0 Å². The molecule has 1 saturated carbocycles. The number of hydrogen-bond acceptors (Lipinski definition) is 4. The first-order valence-corrected chi connectivity index (χ1v) is 12.6. The summed E-state index contributed by atoms with van der Waals surface area (Å²) >= 11 is 0. The van der Waals surface area contributed by atoms with Crippen LogP contribution in [0, 0.1) is 0 Å². The number of nitrogens with zero attached hydrogens (tertiary/aromatic N) is 2. The molecule has 3 rings (SSSR count). The van der Waals surface area contributed by atoms with Gasteiger partial charge in [0, 0.05) is 43.6 Å². The van der Waals surface area contributed by atoms with Gasteiger partial charge in [-0.05, 0) is 63.4 Å². The van der Waals surface area contributed by atoms with Gasteiger partial charge in [-0.25, -0.2) is 4.79 Å². The average molecular weight is 444 g/mol. The van der Waals surface area contributed by atoms with Crippen molar-refractivity contribution in [3.8, 4) is 0 Å². The van der Waals surface area contributed by atoms with Gasteiger partial charge in [-0.3, -0.25) is 4.79 Å². The van der Waals surface area contributed by atoms with Crippen molar-refractivity contribution in [3.05, 3.63) is 23.8 Å². The van der Waals surface area contributed by atoms with E-state index in [-0.39, 0.29) is 18.0 Å². The SMILES string of the molecule is CCN(CC)CCNC(=O)c1cc(NC(=O)NC2CCCCC2)ccc1N1CCCCC1. The first-order chi connectivity index (χ1) is 15.6. The molecular formula is C25H41N5O2. The number of anilines is 2. The third-order valence-corrected chi connectivity index (χ3v) is 6.74. The van der Waals surface area contributed by atoms with E-state index in [2.05, 4.69) is 39.6 Å². The first kappa shape index (κ1) is 24.4. The quantitative estimate of drug-likeness (QED) is 0.535. The van der Waals surface area contributed by atoms with E-state index in [0.717, 1.165) is 64.1 Å². The maximum Gasteiger partial charge on any atom is 0.319 e. The Balaban J connectivity index is 1.68. The Morgan fingerprint density at radius 1 is 1.00 bits per heavy atom. The zero-order chi connectivity index (χ0) is 22.8. The predicted octanol–water partition coefficient (Wildman–Crippen LogP) is 4.20. The van der Waals surface area contributed by atoms with Crippen molar-refractivity contribution in [3.63, 3.8) is 0 Å². The number of benzene rings is 1. The molecule has 2 fully saturated rings. The summed E-state index contributed by atoms with van der Waals surface area (Å²) in [5.74, 6) is -0.0749. The summed E-state index contributed by atoms with van der Waals surface area (Å²) in [4.78, 5) is 30.3. The topological polar surface area (TPSA) is 76.7 Å². The van der Waals surface area contributed by atoms with Gasteiger partial charge in [0.1, 0.15) is 0 Å². The van der Waals surface area contributed by atoms with E-state index < -0.39 is 0 Å². The highest BCUT2D eigenvalue weighted by atomic mass is 16.2. The van der Waals surface area contributed by atoms with Crippen molar-refractivity contribution in [2.24, 2.45) is 0 Å². The molecule has 1 aliphatic carbocycles. The van der Waals surface area contributed by atoms with E-state index in [0.29, 0.717) is 17.8 Å². The molecule has 3 amide bonds. The number of piperidine rings is 1. The fourth-order valence-corrected chi connectivity index (χ4v) is 4.77. The number of likely N-dealkylation sites (N-methyl/N-ethyl adjacent to an activating group) is 1. The summed E-state index contributed by atoms with van der Waals surface area (Å²) in [5, 5.41) is 9.13. The molecule has 0 spiro atoms. The summed E-state index contributed by atoms with van der Waals surface area (Å²) < 4.78 is 0. The van der Waals surface area contributed by atoms with Crippen LogP contribution in [0.25, 0.3) is 0 Å². The largest absolute Gasteiger partial charge is 0.371 e. The third kappa shape index (κ3) is 7.12. The molecule has 7 heteroatoms. The van der Waals surface area contributed by atoms with Crippen LogP contribution in [-0.2, 0) is 0 Å². The number of rotatable bonds is 9. The van der Waals surface area contributed by atoms with Gasteiger partial charge in [-0.1, -0.05) is 33.1 Å². The lowest BCUT2D eigenvalue weighted by Crippen LogP contribution is -2.39. The molecule has 1 aromatic carbocycles. The molecule has 0 radical (unpaired) electrons. The Bertz CT molecular complexity index is 738. The zero-order valence-corrected chi connectivity index (χ0v) is 19.9. The molecule has 1 aliphatic heterocycles. The molecule has 0 bridgehead atoms. The second kappa shape index (κ2) is 12.7. The molecule has 0 aromatic heterocycles. The van der Waals surface area contributed by atoms with Crippen LogP contribution in [0.2, 0.25) is 0 Å². The maximum atomic E-state index is 13.1. The Morgan fingerprint density at radius 2 is 1.69 bits per heavy atom. The minimum atomic E-state index is -0.185. The molecular weight excluding hydrogens is 402 g/mol. The molecule has 0 atom stereocenters. The van der Waals surface area contributed by atoms with Crippen molar-refractivity contribution in [1.82, 2.24) is 15.5 Å². The van der Waals surface area contributed by atoms with Gasteiger partial charge >= 0.3 is 6.03 Å². The van der Waals surface area contributed by atoms with Crippen LogP contribution in [0.4, 0.5) is 16.2 Å². The summed E-state index contributed by atoms with van der Waals surface area (Å²) in [6, 6.07) is 5.80. The fourth-order valence-electron chi connectivity index (χ4n) is 4.77. The second-order valence-electron chi connectivity index (χ2n) is 9.00. The Kier molecular flexibility index (Phi) is 9.65. The monoisotopic (exact) mass is 443 g/mol. The third-order valence-electron chi connectivity index (χ3n) is 6.74. The maximum absolute atomic E-state index is 13.1. The lowest BCUT2D eigenvalue weighted by Gasteiger charge is -2.30. The van der Waals surface area contributed by atoms with Crippen molar-refractivity contribution in [2.75, 3.05) is 49.5 Å². The van der Waals surface area contributed by atoms with Gasteiger partial charge < -0.3 is 25.8 Å². The van der Waals surface area contributed by atoms with Gasteiger partial charge in [-0.2, -0.15) is 0 Å². The lowest BCUT2D eigenvalue weighted by molar-refractivity contribution is 0.0949. The average Bonchev–Trinajstić information content (AvgIpc) is 2.83. The normalized spacial score (nSPS) is 17.3. The molecule has 1 heterocycles. The smallest absolute Gasteiger partial charge is 0.319 e. The van der Waals surface area contributed by atoms with Gasteiger partial charge in [0.25, 0.3) is 5.91 Å². The standard InChI is InChI=1S/C25H41N5O2/c1-3-29(4-2)18-15-26-24(31)22-19-21(13-14-23(22)30-16-9-6-10-17-30)28-25(32)27-20-11-7-5-8-12-20/h13-14,19-20H,3-12,15-18H2,1-2H3,(H,26,31)(H2,27,28,32). The number of hydrogen-bond donors (Lipinski definition) is 3. The molecule has 1 aromatic rings. The van der Waals surface area contributed by atoms with E-state index in [9.17, 15) is 9.59 Å². The van der Waals surface area contributed by atoms with Gasteiger partial charge in [0.05, 0.1) is 5.56 Å². The molecule has 3 N–H and O–H groups in total. The van der Waals surface area contributed by atoms with Crippen LogP contribution in [0.5, 0.6) is 0 Å². The minimum Gasteiger partial charge on any atom is -0.371 e. The number of amides is 3. The van der Waals surface area contributed by atoms with E-state index in [1.165, 1.54) is 25.7 Å². The lowest BCUT2D eigenvalue weighted by atomic mass is 9.96. The number of urea groups is 1.